The Hall–Kier alpha value is -1.49. The van der Waals surface area contributed by atoms with Gasteiger partial charge in [-0.2, -0.15) is 0 Å². The van der Waals surface area contributed by atoms with Gasteiger partial charge in [0.2, 0.25) is 0 Å². The van der Waals surface area contributed by atoms with Crippen molar-refractivity contribution >= 4 is 5.97 Å². The van der Waals surface area contributed by atoms with Gasteiger partial charge in [0.15, 0.2) is 11.6 Å². The molecule has 0 amide bonds. The van der Waals surface area contributed by atoms with Gasteiger partial charge in [0.1, 0.15) is 0 Å². The first kappa shape index (κ1) is 13.0. The van der Waals surface area contributed by atoms with Crippen molar-refractivity contribution in [3.05, 3.63) is 35.4 Å². The highest BCUT2D eigenvalue weighted by Gasteiger charge is 2.32. The summed E-state index contributed by atoms with van der Waals surface area (Å²) in [7, 11) is 0. The topological polar surface area (TPSA) is 40.5 Å². The quantitative estimate of drug-likeness (QED) is 0.901. The van der Waals surface area contributed by atoms with Crippen molar-refractivity contribution < 1.29 is 18.7 Å². The van der Waals surface area contributed by atoms with Gasteiger partial charge in [0.05, 0.1) is 5.92 Å². The van der Waals surface area contributed by atoms with Gasteiger partial charge >= 0.3 is 5.97 Å². The normalized spacial score (nSPS) is 22.1. The SMILES string of the molecule is CC(c1cccc(F)c1F)N1CCC(C(=O)O)C1. The van der Waals surface area contributed by atoms with E-state index in [0.29, 0.717) is 19.5 Å². The number of carboxylic acid groups (broad SMARTS) is 1. The van der Waals surface area contributed by atoms with Gasteiger partial charge in [-0.3, -0.25) is 9.69 Å². The fraction of sp³-hybridized carbons (Fsp3) is 0.462. The Morgan fingerprint density at radius 3 is 2.83 bits per heavy atom. The number of aliphatic carboxylic acids is 1. The van der Waals surface area contributed by atoms with E-state index >= 15 is 0 Å². The van der Waals surface area contributed by atoms with Crippen LogP contribution in [-0.4, -0.2) is 29.1 Å². The third kappa shape index (κ3) is 2.36. The highest BCUT2D eigenvalue weighted by Crippen LogP contribution is 2.29. The third-order valence-electron chi connectivity index (χ3n) is 3.55. The summed E-state index contributed by atoms with van der Waals surface area (Å²) in [5.74, 6) is -2.95. The number of hydrogen-bond acceptors (Lipinski definition) is 2. The third-order valence-corrected chi connectivity index (χ3v) is 3.55. The number of carbonyl (C=O) groups is 1. The molecule has 1 aromatic carbocycles. The van der Waals surface area contributed by atoms with Gasteiger partial charge in [-0.1, -0.05) is 12.1 Å². The Kier molecular flexibility index (Phi) is 3.61. The van der Waals surface area contributed by atoms with E-state index in [1.54, 1.807) is 6.92 Å². The van der Waals surface area contributed by atoms with Crippen molar-refractivity contribution in [2.45, 2.75) is 19.4 Å². The van der Waals surface area contributed by atoms with Crippen LogP contribution in [-0.2, 0) is 4.79 Å². The van der Waals surface area contributed by atoms with E-state index in [9.17, 15) is 13.6 Å². The molecule has 0 aromatic heterocycles. The molecule has 1 fully saturated rings. The summed E-state index contributed by atoms with van der Waals surface area (Å²) >= 11 is 0. The second-order valence-electron chi connectivity index (χ2n) is 4.64. The molecule has 1 heterocycles. The first-order chi connectivity index (χ1) is 8.50. The Bertz CT molecular complexity index is 464. The van der Waals surface area contributed by atoms with Gasteiger partial charge in [0, 0.05) is 18.2 Å². The molecule has 0 aliphatic carbocycles. The lowest BCUT2D eigenvalue weighted by atomic mass is 10.1. The average Bonchev–Trinajstić information content (AvgIpc) is 2.81. The molecule has 0 spiro atoms. The van der Waals surface area contributed by atoms with Crippen molar-refractivity contribution in [3.63, 3.8) is 0 Å². The van der Waals surface area contributed by atoms with Gasteiger partial charge < -0.3 is 5.11 Å². The van der Waals surface area contributed by atoms with E-state index in [2.05, 4.69) is 0 Å². The largest absolute Gasteiger partial charge is 0.481 e. The molecule has 2 atom stereocenters. The van der Waals surface area contributed by atoms with Crippen LogP contribution in [0.15, 0.2) is 18.2 Å². The summed E-state index contributed by atoms with van der Waals surface area (Å²) in [6.45, 7) is 2.74. The Morgan fingerprint density at radius 1 is 1.50 bits per heavy atom. The Labute approximate surface area is 104 Å². The lowest BCUT2D eigenvalue weighted by Gasteiger charge is -2.24. The molecular formula is C13H15F2NO2. The Morgan fingerprint density at radius 2 is 2.22 bits per heavy atom. The van der Waals surface area contributed by atoms with Crippen molar-refractivity contribution in [2.75, 3.05) is 13.1 Å². The zero-order valence-electron chi connectivity index (χ0n) is 10.1. The molecule has 5 heteroatoms. The molecule has 3 nitrogen and oxygen atoms in total. The highest BCUT2D eigenvalue weighted by atomic mass is 19.2. The van der Waals surface area contributed by atoms with Crippen LogP contribution in [0, 0.1) is 17.6 Å². The molecule has 1 aromatic rings. The standard InChI is InChI=1S/C13H15F2NO2/c1-8(10-3-2-4-11(14)12(10)15)16-6-5-9(7-16)13(17)18/h2-4,8-9H,5-7H2,1H3,(H,17,18). The second kappa shape index (κ2) is 5.02. The molecule has 0 bridgehead atoms. The van der Waals surface area contributed by atoms with Crippen LogP contribution in [0.2, 0.25) is 0 Å². The molecule has 18 heavy (non-hydrogen) atoms. The number of carboxylic acids is 1. The summed E-state index contributed by atoms with van der Waals surface area (Å²) in [5.41, 5.74) is 0.279. The maximum Gasteiger partial charge on any atom is 0.307 e. The molecule has 2 rings (SSSR count). The highest BCUT2D eigenvalue weighted by molar-refractivity contribution is 5.70. The van der Waals surface area contributed by atoms with E-state index in [1.807, 2.05) is 4.90 Å². The molecule has 1 N–H and O–H groups in total. The van der Waals surface area contributed by atoms with Crippen LogP contribution in [0.25, 0.3) is 0 Å². The first-order valence-electron chi connectivity index (χ1n) is 5.91. The molecule has 1 aliphatic heterocycles. The van der Waals surface area contributed by atoms with E-state index in [4.69, 9.17) is 5.11 Å². The maximum atomic E-state index is 13.6. The van der Waals surface area contributed by atoms with Crippen molar-refractivity contribution in [1.82, 2.24) is 4.90 Å². The van der Waals surface area contributed by atoms with E-state index in [0.717, 1.165) is 6.07 Å². The first-order valence-corrected chi connectivity index (χ1v) is 5.91. The summed E-state index contributed by atoms with van der Waals surface area (Å²) in [5, 5.41) is 8.92. The molecule has 0 saturated carbocycles. The minimum absolute atomic E-state index is 0.279. The fourth-order valence-electron chi connectivity index (χ4n) is 2.38. The maximum absolute atomic E-state index is 13.6. The number of nitrogens with zero attached hydrogens (tertiary/aromatic N) is 1. The Balaban J connectivity index is 2.15. The van der Waals surface area contributed by atoms with Crippen molar-refractivity contribution in [2.24, 2.45) is 5.92 Å². The molecule has 2 unspecified atom stereocenters. The van der Waals surface area contributed by atoms with E-state index in [-0.39, 0.29) is 11.6 Å². The van der Waals surface area contributed by atoms with Gasteiger partial charge in [-0.15, -0.1) is 0 Å². The van der Waals surface area contributed by atoms with Gasteiger partial charge in [-0.05, 0) is 26.0 Å². The lowest BCUT2D eigenvalue weighted by molar-refractivity contribution is -0.141. The number of halogens is 2. The zero-order valence-corrected chi connectivity index (χ0v) is 10.1. The number of rotatable bonds is 3. The van der Waals surface area contributed by atoms with Gasteiger partial charge in [-0.25, -0.2) is 8.78 Å². The van der Waals surface area contributed by atoms with Crippen molar-refractivity contribution in [3.8, 4) is 0 Å². The summed E-state index contributed by atoms with van der Waals surface area (Å²) in [4.78, 5) is 12.7. The summed E-state index contributed by atoms with van der Waals surface area (Å²) in [6, 6.07) is 3.77. The lowest BCUT2D eigenvalue weighted by Crippen LogP contribution is -2.27. The van der Waals surface area contributed by atoms with Crippen LogP contribution in [0.1, 0.15) is 24.9 Å². The van der Waals surface area contributed by atoms with Crippen LogP contribution in [0.4, 0.5) is 8.78 Å². The summed E-state index contributed by atoms with van der Waals surface area (Å²) in [6.07, 6.45) is 0.552. The van der Waals surface area contributed by atoms with E-state index < -0.39 is 23.5 Å². The molecule has 1 saturated heterocycles. The molecule has 98 valence electrons. The van der Waals surface area contributed by atoms with Gasteiger partial charge in [0.25, 0.3) is 0 Å². The van der Waals surface area contributed by atoms with Crippen LogP contribution in [0.5, 0.6) is 0 Å². The molecular weight excluding hydrogens is 240 g/mol. The van der Waals surface area contributed by atoms with Crippen molar-refractivity contribution in [1.29, 1.82) is 0 Å². The number of hydrogen-bond donors (Lipinski definition) is 1. The summed E-state index contributed by atoms with van der Waals surface area (Å²) < 4.78 is 26.8. The minimum Gasteiger partial charge on any atom is -0.481 e. The van der Waals surface area contributed by atoms with Crippen LogP contribution in [0.3, 0.4) is 0 Å². The van der Waals surface area contributed by atoms with Crippen LogP contribution < -0.4 is 0 Å². The fourth-order valence-corrected chi connectivity index (χ4v) is 2.38. The minimum atomic E-state index is -0.867. The monoisotopic (exact) mass is 255 g/mol. The average molecular weight is 255 g/mol. The molecule has 1 aliphatic rings. The van der Waals surface area contributed by atoms with Crippen LogP contribution >= 0.6 is 0 Å². The number of benzene rings is 1. The zero-order chi connectivity index (χ0) is 13.3. The second-order valence-corrected chi connectivity index (χ2v) is 4.64. The molecule has 0 radical (unpaired) electrons. The number of likely N-dealkylation sites (tertiary alicyclic amines) is 1. The predicted octanol–water partition coefficient (Wildman–Crippen LogP) is 2.43. The predicted molar refractivity (Wildman–Crippen MR) is 62.1 cm³/mol. The van der Waals surface area contributed by atoms with E-state index in [1.165, 1.54) is 12.1 Å². The smallest absolute Gasteiger partial charge is 0.307 e.